The maximum Gasteiger partial charge on any atom is 0.307 e. The second kappa shape index (κ2) is 5.89. The van der Waals surface area contributed by atoms with Crippen LogP contribution in [-0.2, 0) is 16.1 Å². The molecule has 0 aliphatic carbocycles. The van der Waals surface area contributed by atoms with E-state index in [4.69, 9.17) is 4.74 Å². The molecule has 16 heavy (non-hydrogen) atoms. The standard InChI is InChI=1S/C10H15N3O3/c1-3-16-9(14)5-7-13-6-4-8(12-13)10(15)11-2/h4,6H,3,5,7H2,1-2H3,(H,11,15). The highest BCUT2D eigenvalue weighted by molar-refractivity contribution is 5.91. The van der Waals surface area contributed by atoms with Crippen LogP contribution in [0.15, 0.2) is 12.3 Å². The third-order valence-corrected chi connectivity index (χ3v) is 1.95. The van der Waals surface area contributed by atoms with Gasteiger partial charge in [0.05, 0.1) is 19.6 Å². The lowest BCUT2D eigenvalue weighted by Crippen LogP contribution is -2.19. The van der Waals surface area contributed by atoms with Crippen molar-refractivity contribution in [3.05, 3.63) is 18.0 Å². The smallest absolute Gasteiger partial charge is 0.307 e. The van der Waals surface area contributed by atoms with Gasteiger partial charge in [-0.25, -0.2) is 0 Å². The van der Waals surface area contributed by atoms with Crippen molar-refractivity contribution in [3.63, 3.8) is 0 Å². The van der Waals surface area contributed by atoms with E-state index in [2.05, 4.69) is 10.4 Å². The van der Waals surface area contributed by atoms with Crippen molar-refractivity contribution >= 4 is 11.9 Å². The van der Waals surface area contributed by atoms with Crippen LogP contribution in [0.1, 0.15) is 23.8 Å². The molecule has 0 aromatic carbocycles. The summed E-state index contributed by atoms with van der Waals surface area (Å²) in [4.78, 5) is 22.3. The maximum absolute atomic E-state index is 11.2. The maximum atomic E-state index is 11.2. The Hall–Kier alpha value is -1.85. The minimum Gasteiger partial charge on any atom is -0.466 e. The molecule has 0 fully saturated rings. The first kappa shape index (κ1) is 12.2. The van der Waals surface area contributed by atoms with Crippen molar-refractivity contribution in [2.24, 2.45) is 0 Å². The summed E-state index contributed by atoms with van der Waals surface area (Å²) in [5.74, 6) is -0.505. The topological polar surface area (TPSA) is 73.2 Å². The lowest BCUT2D eigenvalue weighted by atomic mass is 10.4. The second-order valence-corrected chi connectivity index (χ2v) is 3.10. The number of rotatable bonds is 5. The molecule has 0 saturated carbocycles. The molecule has 0 spiro atoms. The number of carbonyl (C=O) groups is 2. The third kappa shape index (κ3) is 3.38. The zero-order valence-corrected chi connectivity index (χ0v) is 9.40. The van der Waals surface area contributed by atoms with Gasteiger partial charge in [0.15, 0.2) is 0 Å². The van der Waals surface area contributed by atoms with E-state index < -0.39 is 0 Å². The number of nitrogens with one attached hydrogen (secondary N) is 1. The Morgan fingerprint density at radius 2 is 2.31 bits per heavy atom. The summed E-state index contributed by atoms with van der Waals surface area (Å²) in [6.45, 7) is 2.55. The van der Waals surface area contributed by atoms with Gasteiger partial charge in [-0.1, -0.05) is 0 Å². The van der Waals surface area contributed by atoms with E-state index in [1.54, 1.807) is 30.9 Å². The van der Waals surface area contributed by atoms with Crippen LogP contribution in [0.25, 0.3) is 0 Å². The molecule has 0 atom stereocenters. The van der Waals surface area contributed by atoms with Crippen LogP contribution in [-0.4, -0.2) is 35.3 Å². The molecular weight excluding hydrogens is 210 g/mol. The summed E-state index contributed by atoms with van der Waals surface area (Å²) in [5, 5.41) is 6.48. The number of hydrogen-bond donors (Lipinski definition) is 1. The Morgan fingerprint density at radius 3 is 2.94 bits per heavy atom. The lowest BCUT2D eigenvalue weighted by Gasteiger charge is -2.01. The SMILES string of the molecule is CCOC(=O)CCn1ccc(C(=O)NC)n1. The van der Waals surface area contributed by atoms with Crippen molar-refractivity contribution in [2.75, 3.05) is 13.7 Å². The predicted octanol–water partition coefficient (Wildman–Crippen LogP) is 0.196. The number of amides is 1. The summed E-state index contributed by atoms with van der Waals surface area (Å²) < 4.78 is 6.32. The van der Waals surface area contributed by atoms with Gasteiger partial charge in [0.2, 0.25) is 0 Å². The molecule has 1 rings (SSSR count). The Labute approximate surface area is 93.6 Å². The van der Waals surface area contributed by atoms with E-state index in [0.29, 0.717) is 18.8 Å². The van der Waals surface area contributed by atoms with Crippen LogP contribution in [0.2, 0.25) is 0 Å². The third-order valence-electron chi connectivity index (χ3n) is 1.95. The average molecular weight is 225 g/mol. The fourth-order valence-electron chi connectivity index (χ4n) is 1.17. The van der Waals surface area contributed by atoms with Crippen LogP contribution >= 0.6 is 0 Å². The Bertz CT molecular complexity index is 373. The summed E-state index contributed by atoms with van der Waals surface area (Å²) >= 11 is 0. The van der Waals surface area contributed by atoms with Crippen LogP contribution < -0.4 is 5.32 Å². The summed E-state index contributed by atoms with van der Waals surface area (Å²) in [7, 11) is 1.54. The molecule has 1 amide bonds. The number of ether oxygens (including phenoxy) is 1. The quantitative estimate of drug-likeness (QED) is 0.726. The highest BCUT2D eigenvalue weighted by Crippen LogP contribution is 1.98. The minimum atomic E-state index is -0.264. The minimum absolute atomic E-state index is 0.241. The van der Waals surface area contributed by atoms with Gasteiger partial charge in [0.1, 0.15) is 5.69 Å². The van der Waals surface area contributed by atoms with Gasteiger partial charge in [-0.15, -0.1) is 0 Å². The van der Waals surface area contributed by atoms with E-state index in [1.807, 2.05) is 0 Å². The van der Waals surface area contributed by atoms with Crippen LogP contribution in [0.4, 0.5) is 0 Å². The van der Waals surface area contributed by atoms with Crippen LogP contribution in [0.3, 0.4) is 0 Å². The molecule has 0 bridgehead atoms. The first-order chi connectivity index (χ1) is 7.67. The molecule has 1 N–H and O–H groups in total. The number of hydrogen-bond acceptors (Lipinski definition) is 4. The van der Waals surface area contributed by atoms with Crippen molar-refractivity contribution in [2.45, 2.75) is 19.9 Å². The van der Waals surface area contributed by atoms with Crippen molar-refractivity contribution < 1.29 is 14.3 Å². The summed E-state index contributed by atoms with van der Waals surface area (Å²) in [6, 6.07) is 1.60. The van der Waals surface area contributed by atoms with Crippen LogP contribution in [0.5, 0.6) is 0 Å². The number of esters is 1. The fraction of sp³-hybridized carbons (Fsp3) is 0.500. The van der Waals surface area contributed by atoms with E-state index >= 15 is 0 Å². The number of aryl methyl sites for hydroxylation is 1. The predicted molar refractivity (Wildman–Crippen MR) is 56.9 cm³/mol. The number of nitrogens with zero attached hydrogens (tertiary/aromatic N) is 2. The van der Waals surface area contributed by atoms with Gasteiger partial charge in [0.25, 0.3) is 5.91 Å². The van der Waals surface area contributed by atoms with E-state index in [1.165, 1.54) is 0 Å². The van der Waals surface area contributed by atoms with Gasteiger partial charge in [-0.05, 0) is 13.0 Å². The molecule has 1 heterocycles. The second-order valence-electron chi connectivity index (χ2n) is 3.10. The van der Waals surface area contributed by atoms with Crippen molar-refractivity contribution in [1.82, 2.24) is 15.1 Å². The normalized spacial score (nSPS) is 9.88. The average Bonchev–Trinajstić information content (AvgIpc) is 2.74. The molecule has 88 valence electrons. The van der Waals surface area contributed by atoms with E-state index in [0.717, 1.165) is 0 Å². The van der Waals surface area contributed by atoms with E-state index in [9.17, 15) is 9.59 Å². The zero-order valence-electron chi connectivity index (χ0n) is 9.40. The van der Waals surface area contributed by atoms with Crippen LogP contribution in [0, 0.1) is 0 Å². The molecule has 0 unspecified atom stereocenters. The number of aromatic nitrogens is 2. The van der Waals surface area contributed by atoms with E-state index in [-0.39, 0.29) is 18.3 Å². The molecule has 0 saturated heterocycles. The molecule has 0 aliphatic rings. The lowest BCUT2D eigenvalue weighted by molar-refractivity contribution is -0.143. The summed E-state index contributed by atoms with van der Waals surface area (Å²) in [5.41, 5.74) is 0.339. The van der Waals surface area contributed by atoms with Crippen molar-refractivity contribution in [3.8, 4) is 0 Å². The zero-order chi connectivity index (χ0) is 12.0. The molecule has 6 heteroatoms. The molecule has 1 aromatic rings. The molecule has 1 aromatic heterocycles. The van der Waals surface area contributed by atoms with Gasteiger partial charge < -0.3 is 10.1 Å². The highest BCUT2D eigenvalue weighted by Gasteiger charge is 2.08. The number of carbonyl (C=O) groups excluding carboxylic acids is 2. The van der Waals surface area contributed by atoms with Gasteiger partial charge in [0, 0.05) is 13.2 Å². The fourth-order valence-corrected chi connectivity index (χ4v) is 1.17. The highest BCUT2D eigenvalue weighted by atomic mass is 16.5. The first-order valence-corrected chi connectivity index (χ1v) is 5.08. The summed E-state index contributed by atoms with van der Waals surface area (Å²) in [6.07, 6.45) is 1.91. The molecule has 6 nitrogen and oxygen atoms in total. The van der Waals surface area contributed by atoms with Gasteiger partial charge >= 0.3 is 5.97 Å². The Balaban J connectivity index is 2.46. The monoisotopic (exact) mass is 225 g/mol. The van der Waals surface area contributed by atoms with Gasteiger partial charge in [-0.3, -0.25) is 14.3 Å². The first-order valence-electron chi connectivity index (χ1n) is 5.08. The Kier molecular flexibility index (Phi) is 4.50. The van der Waals surface area contributed by atoms with Crippen molar-refractivity contribution in [1.29, 1.82) is 0 Å². The molecular formula is C10H15N3O3. The largest absolute Gasteiger partial charge is 0.466 e. The van der Waals surface area contributed by atoms with Gasteiger partial charge in [-0.2, -0.15) is 5.10 Å². The Morgan fingerprint density at radius 1 is 1.56 bits per heavy atom. The molecule has 0 aliphatic heterocycles. The molecule has 0 radical (unpaired) electrons.